The van der Waals surface area contributed by atoms with Crippen LogP contribution in [-0.4, -0.2) is 36.3 Å². The second kappa shape index (κ2) is 5.20. The van der Waals surface area contributed by atoms with Crippen LogP contribution in [0.4, 0.5) is 0 Å². The second-order valence-electron chi connectivity index (χ2n) is 4.20. The van der Waals surface area contributed by atoms with Crippen molar-refractivity contribution in [3.63, 3.8) is 0 Å². The van der Waals surface area contributed by atoms with E-state index in [2.05, 4.69) is 10.1 Å². The van der Waals surface area contributed by atoms with Gasteiger partial charge in [0.1, 0.15) is 17.5 Å². The van der Waals surface area contributed by atoms with Gasteiger partial charge in [0, 0.05) is 11.3 Å². The zero-order valence-electron chi connectivity index (χ0n) is 11.6. The summed E-state index contributed by atoms with van der Waals surface area (Å²) in [4.78, 5) is 26.8. The highest BCUT2D eigenvalue weighted by Gasteiger charge is 2.29. The number of rotatable bonds is 3. The van der Waals surface area contributed by atoms with Gasteiger partial charge < -0.3 is 19.0 Å². The largest absolute Gasteiger partial charge is 0.465 e. The molecule has 0 bridgehead atoms. The van der Waals surface area contributed by atoms with Crippen molar-refractivity contribution in [1.82, 2.24) is 10.1 Å². The van der Waals surface area contributed by atoms with Crippen LogP contribution in [0.5, 0.6) is 0 Å². The number of carbonyl (C=O) groups is 2. The highest BCUT2D eigenvalue weighted by molar-refractivity contribution is 6.08. The number of nitrogens with one attached hydrogen (secondary N) is 1. The summed E-state index contributed by atoms with van der Waals surface area (Å²) < 4.78 is 14.3. The van der Waals surface area contributed by atoms with Crippen molar-refractivity contribution in [3.8, 4) is 11.4 Å². The Morgan fingerprint density at radius 2 is 1.75 bits per heavy atom. The number of H-pyrrole nitrogens is 1. The Bertz CT molecular complexity index is 668. The predicted molar refractivity (Wildman–Crippen MR) is 68.4 cm³/mol. The van der Waals surface area contributed by atoms with Crippen molar-refractivity contribution in [3.05, 3.63) is 28.6 Å². The topological polar surface area (TPSA) is 94.4 Å². The molecule has 0 radical (unpaired) electrons. The lowest BCUT2D eigenvalue weighted by Crippen LogP contribution is -2.11. The molecule has 20 heavy (non-hydrogen) atoms. The van der Waals surface area contributed by atoms with Crippen molar-refractivity contribution in [2.24, 2.45) is 0 Å². The van der Waals surface area contributed by atoms with Crippen LogP contribution in [0.2, 0.25) is 0 Å². The lowest BCUT2D eigenvalue weighted by Gasteiger charge is -2.03. The first-order chi connectivity index (χ1) is 9.51. The number of aromatic amines is 1. The standard InChI is InChI=1S/C13H14N2O5/c1-6-5-20-15-10(6)11-9(13(17)19-4)8(7(2)14-11)12(16)18-3/h5,14H,1-4H3. The number of ether oxygens (including phenoxy) is 2. The third kappa shape index (κ3) is 2.07. The maximum atomic E-state index is 12.0. The summed E-state index contributed by atoms with van der Waals surface area (Å²) in [7, 11) is 2.49. The summed E-state index contributed by atoms with van der Waals surface area (Å²) in [6.45, 7) is 3.44. The Balaban J connectivity index is 2.73. The number of aromatic nitrogens is 2. The molecule has 0 aromatic carbocycles. The van der Waals surface area contributed by atoms with Crippen LogP contribution in [0.15, 0.2) is 10.8 Å². The summed E-state index contributed by atoms with van der Waals surface area (Å²) in [5, 5.41) is 3.84. The fraction of sp³-hybridized carbons (Fsp3) is 0.308. The smallest absolute Gasteiger partial charge is 0.341 e. The van der Waals surface area contributed by atoms with E-state index in [0.717, 1.165) is 5.56 Å². The minimum absolute atomic E-state index is 0.0915. The predicted octanol–water partition coefficient (Wildman–Crippen LogP) is 1.86. The molecule has 7 heteroatoms. The van der Waals surface area contributed by atoms with Crippen LogP contribution in [-0.2, 0) is 9.47 Å². The Morgan fingerprint density at radius 3 is 2.25 bits per heavy atom. The van der Waals surface area contributed by atoms with E-state index in [1.165, 1.54) is 20.5 Å². The van der Waals surface area contributed by atoms with Crippen LogP contribution in [0.1, 0.15) is 32.0 Å². The van der Waals surface area contributed by atoms with Crippen LogP contribution < -0.4 is 0 Å². The minimum Gasteiger partial charge on any atom is -0.465 e. The van der Waals surface area contributed by atoms with Gasteiger partial charge in [-0.25, -0.2) is 9.59 Å². The second-order valence-corrected chi connectivity index (χ2v) is 4.20. The van der Waals surface area contributed by atoms with Crippen LogP contribution in [0.25, 0.3) is 11.4 Å². The molecular formula is C13H14N2O5. The molecule has 7 nitrogen and oxygen atoms in total. The molecule has 0 spiro atoms. The molecule has 2 aromatic rings. The lowest BCUT2D eigenvalue weighted by atomic mass is 10.1. The molecule has 1 N–H and O–H groups in total. The van der Waals surface area contributed by atoms with Crippen LogP contribution in [0.3, 0.4) is 0 Å². The fourth-order valence-electron chi connectivity index (χ4n) is 1.99. The van der Waals surface area contributed by atoms with Crippen molar-refractivity contribution in [2.45, 2.75) is 13.8 Å². The molecule has 0 amide bonds. The van der Waals surface area contributed by atoms with Crippen molar-refractivity contribution in [1.29, 1.82) is 0 Å². The third-order valence-corrected chi connectivity index (χ3v) is 2.95. The number of hydrogen-bond acceptors (Lipinski definition) is 6. The van der Waals surface area contributed by atoms with Gasteiger partial charge in [0.2, 0.25) is 0 Å². The summed E-state index contributed by atoms with van der Waals surface area (Å²) >= 11 is 0. The molecule has 0 saturated heterocycles. The number of carbonyl (C=O) groups excluding carboxylic acids is 2. The molecule has 2 heterocycles. The molecule has 0 aliphatic carbocycles. The van der Waals surface area contributed by atoms with Gasteiger partial charge in [-0.15, -0.1) is 0 Å². The minimum atomic E-state index is -0.646. The maximum Gasteiger partial charge on any atom is 0.341 e. The molecule has 2 aromatic heterocycles. The highest BCUT2D eigenvalue weighted by Crippen LogP contribution is 2.30. The molecular weight excluding hydrogens is 264 g/mol. The van der Waals surface area contributed by atoms with E-state index in [1.807, 2.05) is 0 Å². The SMILES string of the molecule is COC(=O)c1c(C)[nH]c(-c2nocc2C)c1C(=O)OC. The number of aryl methyl sites for hydroxylation is 2. The number of methoxy groups -OCH3 is 2. The van der Waals surface area contributed by atoms with Crippen molar-refractivity contribution < 1.29 is 23.6 Å². The Kier molecular flexibility index (Phi) is 3.60. The van der Waals surface area contributed by atoms with E-state index in [1.54, 1.807) is 13.8 Å². The molecule has 2 rings (SSSR count). The van der Waals surface area contributed by atoms with Gasteiger partial charge in [-0.3, -0.25) is 0 Å². The molecule has 106 valence electrons. The summed E-state index contributed by atoms with van der Waals surface area (Å²) in [6.07, 6.45) is 1.45. The first kappa shape index (κ1) is 13.9. The summed E-state index contributed by atoms with van der Waals surface area (Å²) in [6, 6.07) is 0. The van der Waals surface area contributed by atoms with Gasteiger partial charge in [-0.2, -0.15) is 0 Å². The highest BCUT2D eigenvalue weighted by atomic mass is 16.5. The fourth-order valence-corrected chi connectivity index (χ4v) is 1.99. The zero-order valence-corrected chi connectivity index (χ0v) is 11.6. The summed E-state index contributed by atoms with van der Waals surface area (Å²) in [5.41, 5.74) is 2.28. The van der Waals surface area contributed by atoms with E-state index in [0.29, 0.717) is 17.1 Å². The molecule has 0 fully saturated rings. The number of hydrogen-bond donors (Lipinski definition) is 1. The van der Waals surface area contributed by atoms with Crippen molar-refractivity contribution in [2.75, 3.05) is 14.2 Å². The molecule has 0 atom stereocenters. The first-order valence-electron chi connectivity index (χ1n) is 5.81. The number of esters is 2. The molecule has 0 aliphatic heterocycles. The van der Waals surface area contributed by atoms with E-state index < -0.39 is 11.9 Å². The van der Waals surface area contributed by atoms with Gasteiger partial charge >= 0.3 is 11.9 Å². The van der Waals surface area contributed by atoms with E-state index >= 15 is 0 Å². The van der Waals surface area contributed by atoms with Gasteiger partial charge in [0.25, 0.3) is 0 Å². The average Bonchev–Trinajstić information content (AvgIpc) is 3.00. The average molecular weight is 278 g/mol. The van der Waals surface area contributed by atoms with Crippen LogP contribution >= 0.6 is 0 Å². The summed E-state index contributed by atoms with van der Waals surface area (Å²) in [5.74, 6) is -1.27. The first-order valence-corrected chi connectivity index (χ1v) is 5.81. The third-order valence-electron chi connectivity index (χ3n) is 2.95. The lowest BCUT2D eigenvalue weighted by molar-refractivity contribution is 0.0556. The Hall–Kier alpha value is -2.57. The zero-order chi connectivity index (χ0) is 14.9. The van der Waals surface area contributed by atoms with Gasteiger partial charge in [0.05, 0.1) is 25.5 Å². The van der Waals surface area contributed by atoms with Gasteiger partial charge in [-0.05, 0) is 13.8 Å². The maximum absolute atomic E-state index is 12.0. The quantitative estimate of drug-likeness (QED) is 0.861. The monoisotopic (exact) mass is 278 g/mol. The Morgan fingerprint density at radius 1 is 1.15 bits per heavy atom. The van der Waals surface area contributed by atoms with E-state index in [9.17, 15) is 9.59 Å². The molecule has 0 aliphatic rings. The van der Waals surface area contributed by atoms with E-state index in [-0.39, 0.29) is 11.1 Å². The number of nitrogens with zero attached hydrogens (tertiary/aromatic N) is 1. The normalized spacial score (nSPS) is 10.4. The van der Waals surface area contributed by atoms with E-state index in [4.69, 9.17) is 14.0 Å². The Labute approximate surface area is 114 Å². The van der Waals surface area contributed by atoms with Gasteiger partial charge in [0.15, 0.2) is 0 Å². The van der Waals surface area contributed by atoms with Crippen molar-refractivity contribution >= 4 is 11.9 Å². The van der Waals surface area contributed by atoms with Gasteiger partial charge in [-0.1, -0.05) is 5.16 Å². The molecule has 0 unspecified atom stereocenters. The van der Waals surface area contributed by atoms with Crippen LogP contribution in [0, 0.1) is 13.8 Å². The molecule has 0 saturated carbocycles.